The SMILES string of the molecule is CCCCOC1(c2ccc(F)cc2)CN(C(=O)[C@@H](Cc2ccc(OC)cc2)NC(=O)CCC2CNCN2)C1. The molecule has 0 radical (unpaired) electrons. The maximum absolute atomic E-state index is 13.7. The summed E-state index contributed by atoms with van der Waals surface area (Å²) in [5.74, 6) is 0.131. The number of halogens is 1. The molecule has 2 amide bonds. The van der Waals surface area contributed by atoms with Crippen LogP contribution in [0.1, 0.15) is 43.7 Å². The van der Waals surface area contributed by atoms with Gasteiger partial charge in [0.05, 0.1) is 20.2 Å². The zero-order valence-electron chi connectivity index (χ0n) is 22.3. The van der Waals surface area contributed by atoms with Crippen LogP contribution in [0.25, 0.3) is 0 Å². The Morgan fingerprint density at radius 1 is 1.16 bits per heavy atom. The van der Waals surface area contributed by atoms with Crippen LogP contribution < -0.4 is 20.7 Å². The van der Waals surface area contributed by atoms with Crippen LogP contribution in [0.5, 0.6) is 5.75 Å². The largest absolute Gasteiger partial charge is 0.497 e. The van der Waals surface area contributed by atoms with Gasteiger partial charge in [0.25, 0.3) is 0 Å². The zero-order chi connectivity index (χ0) is 27.0. The highest BCUT2D eigenvalue weighted by Crippen LogP contribution is 2.37. The van der Waals surface area contributed by atoms with Gasteiger partial charge in [0, 0.05) is 38.7 Å². The van der Waals surface area contributed by atoms with Crippen molar-refractivity contribution < 1.29 is 23.5 Å². The topological polar surface area (TPSA) is 91.9 Å². The fraction of sp³-hybridized carbons (Fsp3) is 0.517. The summed E-state index contributed by atoms with van der Waals surface area (Å²) in [4.78, 5) is 28.3. The minimum atomic E-state index is -0.701. The number of benzene rings is 2. The molecule has 0 aliphatic carbocycles. The number of rotatable bonds is 13. The summed E-state index contributed by atoms with van der Waals surface area (Å²) in [5, 5.41) is 9.53. The molecular formula is C29H39FN4O4. The van der Waals surface area contributed by atoms with Gasteiger partial charge in [0.2, 0.25) is 11.8 Å². The van der Waals surface area contributed by atoms with E-state index in [0.29, 0.717) is 39.0 Å². The molecule has 2 fully saturated rings. The maximum atomic E-state index is 13.7. The lowest BCUT2D eigenvalue weighted by Crippen LogP contribution is -2.66. The molecule has 2 aliphatic heterocycles. The Morgan fingerprint density at radius 3 is 2.53 bits per heavy atom. The van der Waals surface area contributed by atoms with Gasteiger partial charge in [-0.05, 0) is 48.2 Å². The summed E-state index contributed by atoms with van der Waals surface area (Å²) in [5.41, 5.74) is 1.11. The van der Waals surface area contributed by atoms with Crippen molar-refractivity contribution in [2.45, 2.75) is 56.7 Å². The number of carbonyl (C=O) groups excluding carboxylic acids is 2. The summed E-state index contributed by atoms with van der Waals surface area (Å²) in [6.07, 6.45) is 3.30. The first-order chi connectivity index (χ1) is 18.4. The summed E-state index contributed by atoms with van der Waals surface area (Å²) in [6.45, 7) is 4.94. The van der Waals surface area contributed by atoms with Gasteiger partial charge in [0.1, 0.15) is 23.2 Å². The van der Waals surface area contributed by atoms with Crippen molar-refractivity contribution in [3.8, 4) is 5.75 Å². The monoisotopic (exact) mass is 526 g/mol. The van der Waals surface area contributed by atoms with Gasteiger partial charge < -0.3 is 30.3 Å². The van der Waals surface area contributed by atoms with E-state index in [2.05, 4.69) is 22.9 Å². The molecule has 9 heteroatoms. The molecule has 0 saturated carbocycles. The van der Waals surface area contributed by atoms with Gasteiger partial charge in [-0.2, -0.15) is 0 Å². The first-order valence-corrected chi connectivity index (χ1v) is 13.5. The normalized spacial score (nSPS) is 19.0. The fourth-order valence-electron chi connectivity index (χ4n) is 4.98. The number of methoxy groups -OCH3 is 1. The van der Waals surface area contributed by atoms with Crippen molar-refractivity contribution in [3.63, 3.8) is 0 Å². The standard InChI is InChI=1S/C29H39FN4O4/c1-3-4-15-38-29(22-7-9-23(30)10-8-22)18-34(19-29)28(36)26(16-21-5-12-25(37-2)13-6-21)33-27(35)14-11-24-17-31-20-32-24/h5-10,12-13,24,26,31-32H,3-4,11,14-20H2,1-2H3,(H,33,35)/t24?,26-/m1/s1. The van der Waals surface area contributed by atoms with E-state index < -0.39 is 11.6 Å². The predicted molar refractivity (Wildman–Crippen MR) is 143 cm³/mol. The lowest BCUT2D eigenvalue weighted by molar-refractivity contribution is -0.175. The minimum absolute atomic E-state index is 0.143. The van der Waals surface area contributed by atoms with Crippen molar-refractivity contribution >= 4 is 11.8 Å². The van der Waals surface area contributed by atoms with E-state index in [4.69, 9.17) is 9.47 Å². The molecule has 0 aromatic heterocycles. The molecule has 0 bridgehead atoms. The highest BCUT2D eigenvalue weighted by molar-refractivity contribution is 5.88. The van der Waals surface area contributed by atoms with E-state index in [0.717, 1.165) is 42.9 Å². The summed E-state index contributed by atoms with van der Waals surface area (Å²) < 4.78 is 25.1. The number of nitrogens with zero attached hydrogens (tertiary/aromatic N) is 1. The van der Waals surface area contributed by atoms with Crippen molar-refractivity contribution in [3.05, 3.63) is 65.5 Å². The third kappa shape index (κ3) is 7.09. The number of amides is 2. The molecule has 4 rings (SSSR count). The second-order valence-electron chi connectivity index (χ2n) is 10.1. The molecule has 2 saturated heterocycles. The van der Waals surface area contributed by atoms with Gasteiger partial charge in [-0.1, -0.05) is 37.6 Å². The van der Waals surface area contributed by atoms with E-state index in [1.807, 2.05) is 24.3 Å². The number of carbonyl (C=O) groups is 2. The first-order valence-electron chi connectivity index (χ1n) is 13.5. The van der Waals surface area contributed by atoms with Crippen LogP contribution in [-0.4, -0.2) is 68.8 Å². The van der Waals surface area contributed by atoms with E-state index in [1.165, 1.54) is 12.1 Å². The van der Waals surface area contributed by atoms with Crippen molar-refractivity contribution in [2.24, 2.45) is 0 Å². The summed E-state index contributed by atoms with van der Waals surface area (Å²) in [6, 6.07) is 13.4. The molecule has 38 heavy (non-hydrogen) atoms. The van der Waals surface area contributed by atoms with E-state index in [1.54, 1.807) is 24.1 Å². The number of hydrogen-bond donors (Lipinski definition) is 3. The molecule has 0 spiro atoms. The van der Waals surface area contributed by atoms with Gasteiger partial charge in [0.15, 0.2) is 0 Å². The molecule has 2 aromatic carbocycles. The van der Waals surface area contributed by atoms with Crippen LogP contribution >= 0.6 is 0 Å². The zero-order valence-corrected chi connectivity index (χ0v) is 22.3. The Balaban J connectivity index is 1.45. The van der Waals surface area contributed by atoms with Crippen LogP contribution in [0.2, 0.25) is 0 Å². The highest BCUT2D eigenvalue weighted by atomic mass is 19.1. The number of nitrogens with one attached hydrogen (secondary N) is 3. The predicted octanol–water partition coefficient (Wildman–Crippen LogP) is 2.72. The second kappa shape index (κ2) is 13.2. The Labute approximate surface area is 224 Å². The third-order valence-corrected chi connectivity index (χ3v) is 7.31. The van der Waals surface area contributed by atoms with Crippen LogP contribution in [0, 0.1) is 5.82 Å². The Kier molecular flexibility index (Phi) is 9.71. The lowest BCUT2D eigenvalue weighted by Gasteiger charge is -2.51. The molecule has 2 aromatic rings. The van der Waals surface area contributed by atoms with Gasteiger partial charge in [-0.25, -0.2) is 4.39 Å². The molecule has 2 heterocycles. The number of hydrogen-bond acceptors (Lipinski definition) is 6. The average Bonchev–Trinajstić information content (AvgIpc) is 3.43. The van der Waals surface area contributed by atoms with Crippen LogP contribution in [0.3, 0.4) is 0 Å². The molecular weight excluding hydrogens is 487 g/mol. The molecule has 8 nitrogen and oxygen atoms in total. The van der Waals surface area contributed by atoms with Gasteiger partial charge in [-0.15, -0.1) is 0 Å². The second-order valence-corrected chi connectivity index (χ2v) is 10.1. The van der Waals surface area contributed by atoms with Crippen molar-refractivity contribution in [1.29, 1.82) is 0 Å². The summed E-state index contributed by atoms with van der Waals surface area (Å²) >= 11 is 0. The Bertz CT molecular complexity index is 1050. The molecule has 2 aliphatic rings. The van der Waals surface area contributed by atoms with E-state index in [-0.39, 0.29) is 23.7 Å². The smallest absolute Gasteiger partial charge is 0.245 e. The van der Waals surface area contributed by atoms with Crippen LogP contribution in [0.4, 0.5) is 4.39 Å². The van der Waals surface area contributed by atoms with Crippen LogP contribution in [0.15, 0.2) is 48.5 Å². The summed E-state index contributed by atoms with van der Waals surface area (Å²) in [7, 11) is 1.61. The van der Waals surface area contributed by atoms with Crippen molar-refractivity contribution in [1.82, 2.24) is 20.9 Å². The van der Waals surface area contributed by atoms with Crippen LogP contribution in [-0.2, 0) is 26.3 Å². The Morgan fingerprint density at radius 2 is 1.89 bits per heavy atom. The highest BCUT2D eigenvalue weighted by Gasteiger charge is 2.49. The molecule has 206 valence electrons. The van der Waals surface area contributed by atoms with E-state index >= 15 is 0 Å². The third-order valence-electron chi connectivity index (χ3n) is 7.31. The van der Waals surface area contributed by atoms with E-state index in [9.17, 15) is 14.0 Å². The maximum Gasteiger partial charge on any atom is 0.245 e. The molecule has 2 atom stereocenters. The quantitative estimate of drug-likeness (QED) is 0.348. The molecule has 1 unspecified atom stereocenters. The number of likely N-dealkylation sites (tertiary alicyclic amines) is 1. The molecule has 3 N–H and O–H groups in total. The minimum Gasteiger partial charge on any atom is -0.497 e. The first kappa shape index (κ1) is 28.0. The number of unbranched alkanes of at least 4 members (excludes halogenated alkanes) is 1. The average molecular weight is 527 g/mol. The Hall–Kier alpha value is -3.01. The number of ether oxygens (including phenoxy) is 2. The lowest BCUT2D eigenvalue weighted by atomic mass is 9.84. The van der Waals surface area contributed by atoms with Crippen molar-refractivity contribution in [2.75, 3.05) is 40.0 Å². The van der Waals surface area contributed by atoms with Gasteiger partial charge in [-0.3, -0.25) is 9.59 Å². The van der Waals surface area contributed by atoms with Gasteiger partial charge >= 0.3 is 0 Å². The fourth-order valence-corrected chi connectivity index (χ4v) is 4.98.